The van der Waals surface area contributed by atoms with Crippen LogP contribution in [0.25, 0.3) is 11.3 Å². The van der Waals surface area contributed by atoms with Gasteiger partial charge in [-0.1, -0.05) is 18.2 Å². The van der Waals surface area contributed by atoms with E-state index < -0.39 is 6.04 Å². The number of halogens is 1. The number of benzene rings is 2. The molecule has 0 aliphatic carbocycles. The van der Waals surface area contributed by atoms with Crippen molar-refractivity contribution < 1.29 is 9.18 Å². The number of hydrogen-bond acceptors (Lipinski definition) is 4. The highest BCUT2D eigenvalue weighted by atomic mass is 32.1. The minimum atomic E-state index is -0.462. The average Bonchev–Trinajstić information content (AvgIpc) is 3.02. The summed E-state index contributed by atoms with van der Waals surface area (Å²) in [4.78, 5) is 16.7. The molecule has 25 heavy (non-hydrogen) atoms. The molecule has 3 aromatic rings. The first-order valence-corrected chi connectivity index (χ1v) is 8.75. The Morgan fingerprint density at radius 3 is 2.56 bits per heavy atom. The summed E-state index contributed by atoms with van der Waals surface area (Å²) < 4.78 is 13.2. The highest BCUT2D eigenvalue weighted by Crippen LogP contribution is 2.23. The highest BCUT2D eigenvalue weighted by Gasteiger charge is 2.13. The van der Waals surface area contributed by atoms with Crippen LogP contribution in [-0.2, 0) is 4.79 Å². The van der Waals surface area contributed by atoms with Crippen molar-refractivity contribution >= 4 is 28.6 Å². The molecule has 0 spiro atoms. The van der Waals surface area contributed by atoms with Crippen LogP contribution < -0.4 is 10.6 Å². The molecule has 6 heteroatoms. The number of nitrogens with one attached hydrogen (secondary N) is 2. The van der Waals surface area contributed by atoms with Gasteiger partial charge in [0.2, 0.25) is 5.91 Å². The van der Waals surface area contributed by atoms with Gasteiger partial charge in [-0.2, -0.15) is 0 Å². The summed E-state index contributed by atoms with van der Waals surface area (Å²) in [5.74, 6) is -0.615. The topological polar surface area (TPSA) is 54.0 Å². The zero-order valence-electron chi connectivity index (χ0n) is 13.9. The van der Waals surface area contributed by atoms with Crippen molar-refractivity contribution in [2.24, 2.45) is 0 Å². The van der Waals surface area contributed by atoms with E-state index in [4.69, 9.17) is 0 Å². The summed E-state index contributed by atoms with van der Waals surface area (Å²) in [6.45, 7) is 3.73. The minimum absolute atomic E-state index is 0.232. The molecular formula is C19H18FN3OS. The molecule has 0 saturated heterocycles. The van der Waals surface area contributed by atoms with Crippen LogP contribution in [0.15, 0.2) is 53.9 Å². The molecule has 1 amide bonds. The van der Waals surface area contributed by atoms with Gasteiger partial charge in [0.15, 0.2) is 0 Å². The minimum Gasteiger partial charge on any atom is -0.374 e. The maximum Gasteiger partial charge on any atom is 0.246 e. The van der Waals surface area contributed by atoms with Crippen LogP contribution in [0.4, 0.5) is 15.8 Å². The van der Waals surface area contributed by atoms with E-state index in [-0.39, 0.29) is 11.7 Å². The molecule has 128 valence electrons. The van der Waals surface area contributed by atoms with Crippen molar-refractivity contribution in [1.29, 1.82) is 0 Å². The summed E-state index contributed by atoms with van der Waals surface area (Å²) in [6, 6.07) is 13.1. The molecule has 0 bridgehead atoms. The molecule has 0 saturated carbocycles. The molecule has 0 radical (unpaired) electrons. The molecule has 0 fully saturated rings. The van der Waals surface area contributed by atoms with Crippen molar-refractivity contribution in [3.05, 3.63) is 64.7 Å². The molecule has 0 aliphatic heterocycles. The molecule has 0 unspecified atom stereocenters. The van der Waals surface area contributed by atoms with Gasteiger partial charge in [-0.3, -0.25) is 4.79 Å². The second-order valence-corrected chi connectivity index (χ2v) is 6.76. The van der Waals surface area contributed by atoms with E-state index in [1.807, 2.05) is 36.6 Å². The van der Waals surface area contributed by atoms with Gasteiger partial charge in [-0.05, 0) is 44.2 Å². The monoisotopic (exact) mass is 355 g/mol. The number of amides is 1. The highest BCUT2D eigenvalue weighted by molar-refractivity contribution is 7.09. The summed E-state index contributed by atoms with van der Waals surface area (Å²) in [6.07, 6.45) is 0. The Morgan fingerprint density at radius 1 is 1.16 bits per heavy atom. The lowest BCUT2D eigenvalue weighted by Gasteiger charge is -2.15. The Balaban J connectivity index is 1.62. The Bertz CT molecular complexity index is 876. The molecule has 1 heterocycles. The Kier molecular flexibility index (Phi) is 5.09. The number of rotatable bonds is 5. The Labute approximate surface area is 149 Å². The van der Waals surface area contributed by atoms with Gasteiger partial charge in [0.25, 0.3) is 0 Å². The van der Waals surface area contributed by atoms with Gasteiger partial charge in [0.05, 0.1) is 10.7 Å². The smallest absolute Gasteiger partial charge is 0.246 e. The Morgan fingerprint density at radius 2 is 1.92 bits per heavy atom. The SMILES string of the molecule is Cc1nc(-c2ccc(N[C@H](C)C(=O)Nc3cccc(F)c3)cc2)cs1. The number of aromatic nitrogens is 1. The van der Waals surface area contributed by atoms with E-state index in [0.29, 0.717) is 5.69 Å². The lowest BCUT2D eigenvalue weighted by Crippen LogP contribution is -2.31. The van der Waals surface area contributed by atoms with E-state index in [0.717, 1.165) is 22.0 Å². The van der Waals surface area contributed by atoms with Gasteiger partial charge in [0.1, 0.15) is 11.9 Å². The van der Waals surface area contributed by atoms with E-state index >= 15 is 0 Å². The predicted molar refractivity (Wildman–Crippen MR) is 100 cm³/mol. The maximum atomic E-state index is 13.2. The van der Waals surface area contributed by atoms with E-state index in [1.54, 1.807) is 30.4 Å². The van der Waals surface area contributed by atoms with Crippen LogP contribution in [0.5, 0.6) is 0 Å². The summed E-state index contributed by atoms with van der Waals surface area (Å²) in [5.41, 5.74) is 3.25. The summed E-state index contributed by atoms with van der Waals surface area (Å²) in [5, 5.41) is 8.88. The largest absolute Gasteiger partial charge is 0.374 e. The number of carbonyl (C=O) groups is 1. The molecule has 0 aliphatic rings. The predicted octanol–water partition coefficient (Wildman–Crippen LogP) is 4.70. The van der Waals surface area contributed by atoms with Crippen LogP contribution in [0, 0.1) is 12.7 Å². The van der Waals surface area contributed by atoms with Crippen LogP contribution in [-0.4, -0.2) is 16.9 Å². The number of aryl methyl sites for hydroxylation is 1. The van der Waals surface area contributed by atoms with Crippen LogP contribution >= 0.6 is 11.3 Å². The molecule has 2 N–H and O–H groups in total. The van der Waals surface area contributed by atoms with Crippen molar-refractivity contribution in [2.75, 3.05) is 10.6 Å². The fourth-order valence-electron chi connectivity index (χ4n) is 2.37. The van der Waals surface area contributed by atoms with Gasteiger partial charge in [-0.25, -0.2) is 9.37 Å². The van der Waals surface area contributed by atoms with Crippen molar-refractivity contribution in [1.82, 2.24) is 4.98 Å². The van der Waals surface area contributed by atoms with Crippen LogP contribution in [0.1, 0.15) is 11.9 Å². The number of anilines is 2. The maximum absolute atomic E-state index is 13.2. The fraction of sp³-hybridized carbons (Fsp3) is 0.158. The van der Waals surface area contributed by atoms with E-state index in [9.17, 15) is 9.18 Å². The molecular weight excluding hydrogens is 337 g/mol. The second-order valence-electron chi connectivity index (χ2n) is 5.69. The first kappa shape index (κ1) is 17.1. The Hall–Kier alpha value is -2.73. The third kappa shape index (κ3) is 4.42. The lowest BCUT2D eigenvalue weighted by atomic mass is 10.1. The second kappa shape index (κ2) is 7.44. The zero-order chi connectivity index (χ0) is 17.8. The van der Waals surface area contributed by atoms with E-state index in [1.165, 1.54) is 12.1 Å². The standard InChI is InChI=1S/C19H18FN3OS/c1-12(19(24)23-17-5-3-4-15(20)10-17)21-16-8-6-14(7-9-16)18-11-25-13(2)22-18/h3-12,21H,1-2H3,(H,23,24)/t12-/m1/s1. The summed E-state index contributed by atoms with van der Waals surface area (Å²) in [7, 11) is 0. The molecule has 3 rings (SSSR count). The third-order valence-electron chi connectivity index (χ3n) is 3.67. The third-order valence-corrected chi connectivity index (χ3v) is 4.44. The summed E-state index contributed by atoms with van der Waals surface area (Å²) >= 11 is 1.61. The number of nitrogens with zero attached hydrogens (tertiary/aromatic N) is 1. The first-order valence-electron chi connectivity index (χ1n) is 7.87. The molecule has 4 nitrogen and oxygen atoms in total. The average molecular weight is 355 g/mol. The van der Waals surface area contributed by atoms with Gasteiger partial charge in [-0.15, -0.1) is 11.3 Å². The normalized spacial score (nSPS) is 11.8. The van der Waals surface area contributed by atoms with Crippen molar-refractivity contribution in [3.63, 3.8) is 0 Å². The van der Waals surface area contributed by atoms with Crippen LogP contribution in [0.2, 0.25) is 0 Å². The lowest BCUT2D eigenvalue weighted by molar-refractivity contribution is -0.116. The van der Waals surface area contributed by atoms with Crippen LogP contribution in [0.3, 0.4) is 0 Å². The first-order chi connectivity index (χ1) is 12.0. The van der Waals surface area contributed by atoms with E-state index in [2.05, 4.69) is 15.6 Å². The number of hydrogen-bond donors (Lipinski definition) is 2. The quantitative estimate of drug-likeness (QED) is 0.698. The number of carbonyl (C=O) groups excluding carboxylic acids is 1. The fourth-order valence-corrected chi connectivity index (χ4v) is 2.99. The van der Waals surface area contributed by atoms with Gasteiger partial charge in [0, 0.05) is 22.3 Å². The number of thiazole rings is 1. The molecule has 2 aromatic carbocycles. The van der Waals surface area contributed by atoms with Crippen molar-refractivity contribution in [2.45, 2.75) is 19.9 Å². The van der Waals surface area contributed by atoms with Gasteiger partial charge >= 0.3 is 0 Å². The molecule has 1 aromatic heterocycles. The van der Waals surface area contributed by atoms with Gasteiger partial charge < -0.3 is 10.6 Å². The van der Waals surface area contributed by atoms with Crippen molar-refractivity contribution in [3.8, 4) is 11.3 Å². The molecule has 1 atom stereocenters. The zero-order valence-corrected chi connectivity index (χ0v) is 14.7.